The fourth-order valence-electron chi connectivity index (χ4n) is 1.76. The molecule has 0 radical (unpaired) electrons. The molecule has 0 amide bonds. The van der Waals surface area contributed by atoms with E-state index in [0.717, 1.165) is 18.5 Å². The van der Waals surface area contributed by atoms with Crippen LogP contribution in [0.1, 0.15) is 24.5 Å². The number of rotatable bonds is 6. The van der Waals surface area contributed by atoms with E-state index in [9.17, 15) is 4.79 Å². The van der Waals surface area contributed by atoms with Gasteiger partial charge in [-0.3, -0.25) is 9.69 Å². The molecule has 0 atom stereocenters. The Morgan fingerprint density at radius 2 is 2.26 bits per heavy atom. The van der Waals surface area contributed by atoms with Gasteiger partial charge in [0.15, 0.2) is 0 Å². The lowest BCUT2D eigenvalue weighted by Gasteiger charge is -2.20. The summed E-state index contributed by atoms with van der Waals surface area (Å²) in [5.41, 5.74) is 1.43. The number of esters is 1. The van der Waals surface area contributed by atoms with Gasteiger partial charge in [-0.2, -0.15) is 5.26 Å². The number of halogens is 1. The van der Waals surface area contributed by atoms with Crippen LogP contribution >= 0.6 is 11.6 Å². The second kappa shape index (κ2) is 7.78. The van der Waals surface area contributed by atoms with Crippen molar-refractivity contribution < 1.29 is 9.53 Å². The summed E-state index contributed by atoms with van der Waals surface area (Å²) in [5, 5.41) is 9.34. The first-order chi connectivity index (χ1) is 9.10. The normalized spacial score (nSPS) is 10.3. The Morgan fingerprint density at radius 1 is 1.53 bits per heavy atom. The van der Waals surface area contributed by atoms with E-state index in [0.29, 0.717) is 17.1 Å². The smallest absolute Gasteiger partial charge is 0.319 e. The zero-order chi connectivity index (χ0) is 14.3. The Morgan fingerprint density at radius 3 is 2.79 bits per heavy atom. The highest BCUT2D eigenvalue weighted by Crippen LogP contribution is 2.19. The molecular weight excluding hydrogens is 264 g/mol. The number of nitrogens with zero attached hydrogens (tertiary/aromatic N) is 2. The molecule has 0 aromatic heterocycles. The van der Waals surface area contributed by atoms with Crippen molar-refractivity contribution >= 4 is 17.6 Å². The minimum atomic E-state index is -0.266. The maximum Gasteiger partial charge on any atom is 0.319 e. The second-order valence-electron chi connectivity index (χ2n) is 4.20. The summed E-state index contributed by atoms with van der Waals surface area (Å²) in [4.78, 5) is 13.3. The van der Waals surface area contributed by atoms with Crippen LogP contribution < -0.4 is 0 Å². The number of hydrogen-bond acceptors (Lipinski definition) is 4. The van der Waals surface area contributed by atoms with Gasteiger partial charge in [-0.25, -0.2) is 0 Å². The van der Waals surface area contributed by atoms with Gasteiger partial charge < -0.3 is 4.74 Å². The van der Waals surface area contributed by atoms with Crippen LogP contribution in [0, 0.1) is 11.3 Å². The summed E-state index contributed by atoms with van der Waals surface area (Å²) in [6.07, 6.45) is 0.935. The van der Waals surface area contributed by atoms with Gasteiger partial charge in [0.2, 0.25) is 0 Å². The third kappa shape index (κ3) is 4.90. The van der Waals surface area contributed by atoms with Crippen LogP contribution in [0.2, 0.25) is 5.02 Å². The highest BCUT2D eigenvalue weighted by atomic mass is 35.5. The highest BCUT2D eigenvalue weighted by molar-refractivity contribution is 6.31. The number of methoxy groups -OCH3 is 1. The van der Waals surface area contributed by atoms with Gasteiger partial charge >= 0.3 is 5.97 Å². The van der Waals surface area contributed by atoms with Crippen LogP contribution in [-0.2, 0) is 16.1 Å². The first-order valence-electron chi connectivity index (χ1n) is 6.08. The van der Waals surface area contributed by atoms with Crippen molar-refractivity contribution in [2.24, 2.45) is 0 Å². The van der Waals surface area contributed by atoms with Gasteiger partial charge in [0.1, 0.15) is 0 Å². The number of carbonyl (C=O) groups is 1. The number of carbonyl (C=O) groups excluding carboxylic acids is 1. The maximum atomic E-state index is 11.3. The molecule has 0 aliphatic heterocycles. The molecule has 0 N–H and O–H groups in total. The molecule has 102 valence electrons. The Hall–Kier alpha value is -1.57. The van der Waals surface area contributed by atoms with Gasteiger partial charge in [-0.15, -0.1) is 0 Å². The average molecular weight is 281 g/mol. The van der Waals surface area contributed by atoms with E-state index in [1.807, 2.05) is 24.0 Å². The molecule has 0 bridgehead atoms. The van der Waals surface area contributed by atoms with Crippen molar-refractivity contribution in [3.63, 3.8) is 0 Å². The van der Waals surface area contributed by atoms with Crippen molar-refractivity contribution in [3.8, 4) is 6.07 Å². The van der Waals surface area contributed by atoms with Gasteiger partial charge in [0.05, 0.1) is 25.3 Å². The summed E-state index contributed by atoms with van der Waals surface area (Å²) in [6, 6.07) is 7.23. The van der Waals surface area contributed by atoms with Crippen LogP contribution in [-0.4, -0.2) is 31.1 Å². The molecule has 0 unspecified atom stereocenters. The predicted octanol–water partition coefficient (Wildman–Crippen LogP) is 2.60. The summed E-state index contributed by atoms with van der Waals surface area (Å²) in [5.74, 6) is -0.266. The standard InChI is InChI=1S/C14H17ClN2O2/c1-3-6-17(10-14(18)19-2)9-12-5-4-11(8-16)7-13(12)15/h4-5,7H,3,6,9-10H2,1-2H3. The molecule has 0 fully saturated rings. The Balaban J connectivity index is 2.78. The van der Waals surface area contributed by atoms with Crippen LogP contribution in [0.4, 0.5) is 0 Å². The van der Waals surface area contributed by atoms with Crippen molar-refractivity contribution in [1.29, 1.82) is 5.26 Å². The van der Waals surface area contributed by atoms with E-state index in [-0.39, 0.29) is 12.5 Å². The largest absolute Gasteiger partial charge is 0.468 e. The summed E-state index contributed by atoms with van der Waals surface area (Å²) in [6.45, 7) is 3.63. The molecule has 4 nitrogen and oxygen atoms in total. The summed E-state index contributed by atoms with van der Waals surface area (Å²) >= 11 is 6.13. The van der Waals surface area contributed by atoms with Crippen LogP contribution in [0.15, 0.2) is 18.2 Å². The minimum Gasteiger partial charge on any atom is -0.468 e. The van der Waals surface area contributed by atoms with E-state index >= 15 is 0 Å². The zero-order valence-electron chi connectivity index (χ0n) is 11.1. The topological polar surface area (TPSA) is 53.3 Å². The monoisotopic (exact) mass is 280 g/mol. The summed E-state index contributed by atoms with van der Waals surface area (Å²) in [7, 11) is 1.38. The molecule has 0 aliphatic carbocycles. The third-order valence-electron chi connectivity index (χ3n) is 2.70. The van der Waals surface area contributed by atoms with E-state index in [2.05, 4.69) is 4.74 Å². The molecule has 1 aromatic rings. The molecule has 1 aromatic carbocycles. The van der Waals surface area contributed by atoms with Crippen LogP contribution in [0.3, 0.4) is 0 Å². The lowest BCUT2D eigenvalue weighted by atomic mass is 10.1. The summed E-state index contributed by atoms with van der Waals surface area (Å²) < 4.78 is 4.67. The van der Waals surface area contributed by atoms with Gasteiger partial charge in [0, 0.05) is 11.6 Å². The van der Waals surface area contributed by atoms with Gasteiger partial charge in [0.25, 0.3) is 0 Å². The van der Waals surface area contributed by atoms with Crippen molar-refractivity contribution in [3.05, 3.63) is 34.3 Å². The molecule has 0 saturated carbocycles. The molecule has 0 saturated heterocycles. The fourth-order valence-corrected chi connectivity index (χ4v) is 2.00. The molecule has 0 aliphatic rings. The van der Waals surface area contributed by atoms with E-state index in [4.69, 9.17) is 16.9 Å². The van der Waals surface area contributed by atoms with Crippen molar-refractivity contribution in [2.75, 3.05) is 20.2 Å². The zero-order valence-corrected chi connectivity index (χ0v) is 11.9. The van der Waals surface area contributed by atoms with E-state index in [1.54, 1.807) is 12.1 Å². The predicted molar refractivity (Wildman–Crippen MR) is 73.8 cm³/mol. The molecule has 1 rings (SSSR count). The Labute approximate surface area is 118 Å². The number of benzene rings is 1. The number of nitriles is 1. The lowest BCUT2D eigenvalue weighted by Crippen LogP contribution is -2.31. The molecule has 0 heterocycles. The molecular formula is C14H17ClN2O2. The average Bonchev–Trinajstić information content (AvgIpc) is 2.41. The van der Waals surface area contributed by atoms with Crippen molar-refractivity contribution in [1.82, 2.24) is 4.90 Å². The van der Waals surface area contributed by atoms with Gasteiger partial charge in [-0.05, 0) is 30.7 Å². The maximum absolute atomic E-state index is 11.3. The lowest BCUT2D eigenvalue weighted by molar-refractivity contribution is -0.142. The minimum absolute atomic E-state index is 0.237. The molecule has 19 heavy (non-hydrogen) atoms. The first kappa shape index (κ1) is 15.5. The molecule has 0 spiro atoms. The SMILES string of the molecule is CCCN(CC(=O)OC)Cc1ccc(C#N)cc1Cl. The Bertz CT molecular complexity index is 483. The molecule has 5 heteroatoms. The second-order valence-corrected chi connectivity index (χ2v) is 4.61. The quantitative estimate of drug-likeness (QED) is 0.752. The van der Waals surface area contributed by atoms with Crippen molar-refractivity contribution in [2.45, 2.75) is 19.9 Å². The van der Waals surface area contributed by atoms with Crippen LogP contribution in [0.5, 0.6) is 0 Å². The first-order valence-corrected chi connectivity index (χ1v) is 6.46. The highest BCUT2D eigenvalue weighted by Gasteiger charge is 2.12. The van der Waals surface area contributed by atoms with E-state index < -0.39 is 0 Å². The number of hydrogen-bond donors (Lipinski definition) is 0. The number of ether oxygens (including phenoxy) is 1. The van der Waals surface area contributed by atoms with Crippen LogP contribution in [0.25, 0.3) is 0 Å². The Kier molecular flexibility index (Phi) is 6.34. The van der Waals surface area contributed by atoms with E-state index in [1.165, 1.54) is 7.11 Å². The third-order valence-corrected chi connectivity index (χ3v) is 3.05. The fraction of sp³-hybridized carbons (Fsp3) is 0.429. The van der Waals surface area contributed by atoms with Gasteiger partial charge in [-0.1, -0.05) is 24.6 Å².